The van der Waals surface area contributed by atoms with Crippen LogP contribution >= 0.6 is 11.6 Å². The van der Waals surface area contributed by atoms with Crippen LogP contribution in [0.1, 0.15) is 10.4 Å². The highest BCUT2D eigenvalue weighted by atomic mass is 35.5. The zero-order valence-corrected chi connectivity index (χ0v) is 10.9. The lowest BCUT2D eigenvalue weighted by atomic mass is 10.1. The predicted molar refractivity (Wildman–Crippen MR) is 71.6 cm³/mol. The van der Waals surface area contributed by atoms with Gasteiger partial charge in [0.15, 0.2) is 0 Å². The SMILES string of the molecule is NC(=O)c1cc(Cl)ccc1N1CCNCC1C(=O)O. The number of nitrogens with one attached hydrogen (secondary N) is 1. The number of carboxylic acids is 1. The first-order valence-corrected chi connectivity index (χ1v) is 6.18. The number of carbonyl (C=O) groups excluding carboxylic acids is 1. The molecular weight excluding hydrogens is 270 g/mol. The molecule has 1 fully saturated rings. The zero-order chi connectivity index (χ0) is 14.0. The summed E-state index contributed by atoms with van der Waals surface area (Å²) in [4.78, 5) is 24.4. The van der Waals surface area contributed by atoms with E-state index in [4.69, 9.17) is 17.3 Å². The predicted octanol–water partition coefficient (Wildman–Crippen LogP) is 0.302. The average Bonchev–Trinajstić information content (AvgIpc) is 2.38. The number of benzene rings is 1. The Hall–Kier alpha value is -1.79. The first-order valence-electron chi connectivity index (χ1n) is 5.80. The van der Waals surface area contributed by atoms with Gasteiger partial charge in [-0.05, 0) is 18.2 Å². The van der Waals surface area contributed by atoms with Crippen molar-refractivity contribution in [1.29, 1.82) is 0 Å². The fraction of sp³-hybridized carbons (Fsp3) is 0.333. The van der Waals surface area contributed by atoms with E-state index in [0.29, 0.717) is 30.3 Å². The van der Waals surface area contributed by atoms with E-state index in [-0.39, 0.29) is 5.56 Å². The van der Waals surface area contributed by atoms with Crippen molar-refractivity contribution >= 4 is 29.2 Å². The summed E-state index contributed by atoms with van der Waals surface area (Å²) in [6, 6.07) is 3.97. The van der Waals surface area contributed by atoms with Crippen molar-refractivity contribution in [2.45, 2.75) is 6.04 Å². The molecule has 1 aromatic rings. The van der Waals surface area contributed by atoms with Gasteiger partial charge in [-0.1, -0.05) is 11.6 Å². The number of piperazine rings is 1. The molecule has 1 aliphatic rings. The minimum atomic E-state index is -0.947. The number of rotatable bonds is 3. The van der Waals surface area contributed by atoms with Gasteiger partial charge in [0.25, 0.3) is 5.91 Å². The molecule has 0 saturated carbocycles. The second-order valence-corrected chi connectivity index (χ2v) is 4.71. The third-order valence-electron chi connectivity index (χ3n) is 3.06. The van der Waals surface area contributed by atoms with E-state index in [0.717, 1.165) is 0 Å². The number of hydrogen-bond donors (Lipinski definition) is 3. The lowest BCUT2D eigenvalue weighted by Crippen LogP contribution is -2.55. The van der Waals surface area contributed by atoms with Crippen LogP contribution in [0.3, 0.4) is 0 Å². The number of hydrogen-bond acceptors (Lipinski definition) is 4. The molecule has 1 saturated heterocycles. The monoisotopic (exact) mass is 283 g/mol. The molecule has 0 aromatic heterocycles. The molecule has 4 N–H and O–H groups in total. The van der Waals surface area contributed by atoms with E-state index >= 15 is 0 Å². The van der Waals surface area contributed by atoms with Gasteiger partial charge in [-0.2, -0.15) is 0 Å². The zero-order valence-electron chi connectivity index (χ0n) is 10.1. The number of carbonyl (C=O) groups is 2. The van der Waals surface area contributed by atoms with Gasteiger partial charge >= 0.3 is 5.97 Å². The molecule has 6 nitrogen and oxygen atoms in total. The Bertz CT molecular complexity index is 521. The maximum atomic E-state index is 11.5. The van der Waals surface area contributed by atoms with Crippen molar-refractivity contribution in [1.82, 2.24) is 5.32 Å². The molecule has 19 heavy (non-hydrogen) atoms. The number of halogens is 1. The van der Waals surface area contributed by atoms with E-state index < -0.39 is 17.9 Å². The Labute approximate surface area is 115 Å². The summed E-state index contributed by atoms with van der Waals surface area (Å²) in [5, 5.41) is 12.6. The molecule has 0 radical (unpaired) electrons. The van der Waals surface area contributed by atoms with E-state index in [9.17, 15) is 14.7 Å². The maximum absolute atomic E-state index is 11.5. The number of nitrogens with two attached hydrogens (primary N) is 1. The summed E-state index contributed by atoms with van der Waals surface area (Å²) in [6.07, 6.45) is 0. The van der Waals surface area contributed by atoms with Crippen molar-refractivity contribution < 1.29 is 14.7 Å². The summed E-state index contributed by atoms with van der Waals surface area (Å²) in [5.74, 6) is -1.57. The summed E-state index contributed by atoms with van der Waals surface area (Å²) < 4.78 is 0. The lowest BCUT2D eigenvalue weighted by Gasteiger charge is -2.36. The third-order valence-corrected chi connectivity index (χ3v) is 3.30. The third kappa shape index (κ3) is 2.80. The number of carboxylic acid groups (broad SMARTS) is 1. The second kappa shape index (κ2) is 5.46. The molecule has 2 rings (SSSR count). The molecular formula is C12H14ClN3O3. The van der Waals surface area contributed by atoms with Crippen LogP contribution in [-0.4, -0.2) is 42.7 Å². The molecule has 1 aliphatic heterocycles. The first kappa shape index (κ1) is 13.6. The molecule has 0 spiro atoms. The smallest absolute Gasteiger partial charge is 0.327 e. The van der Waals surface area contributed by atoms with Crippen LogP contribution in [0, 0.1) is 0 Å². The van der Waals surface area contributed by atoms with Crippen molar-refractivity contribution in [2.24, 2.45) is 5.73 Å². The second-order valence-electron chi connectivity index (χ2n) is 4.28. The number of aliphatic carboxylic acids is 1. The van der Waals surface area contributed by atoms with Crippen LogP contribution in [0.5, 0.6) is 0 Å². The number of primary amides is 1. The fourth-order valence-electron chi connectivity index (χ4n) is 2.17. The fourth-order valence-corrected chi connectivity index (χ4v) is 2.34. The van der Waals surface area contributed by atoms with E-state index in [1.54, 1.807) is 17.0 Å². The quantitative estimate of drug-likeness (QED) is 0.742. The van der Waals surface area contributed by atoms with Crippen LogP contribution in [0.25, 0.3) is 0 Å². The minimum Gasteiger partial charge on any atom is -0.480 e. The van der Waals surface area contributed by atoms with Gasteiger partial charge < -0.3 is 21.1 Å². The molecule has 1 amide bonds. The Balaban J connectivity index is 2.44. The number of anilines is 1. The summed E-state index contributed by atoms with van der Waals surface area (Å²) >= 11 is 5.84. The van der Waals surface area contributed by atoms with Gasteiger partial charge in [0.2, 0.25) is 0 Å². The topological polar surface area (TPSA) is 95.7 Å². The van der Waals surface area contributed by atoms with Crippen molar-refractivity contribution in [3.8, 4) is 0 Å². The van der Waals surface area contributed by atoms with Gasteiger partial charge in [0.1, 0.15) is 6.04 Å². The number of amides is 1. The van der Waals surface area contributed by atoms with Crippen LogP contribution in [0.2, 0.25) is 5.02 Å². The van der Waals surface area contributed by atoms with Crippen LogP contribution in [-0.2, 0) is 4.79 Å². The summed E-state index contributed by atoms with van der Waals surface area (Å²) in [7, 11) is 0. The average molecular weight is 284 g/mol. The Morgan fingerprint density at radius 1 is 1.47 bits per heavy atom. The highest BCUT2D eigenvalue weighted by Gasteiger charge is 2.30. The Morgan fingerprint density at radius 3 is 2.84 bits per heavy atom. The highest BCUT2D eigenvalue weighted by Crippen LogP contribution is 2.26. The van der Waals surface area contributed by atoms with Crippen LogP contribution in [0.15, 0.2) is 18.2 Å². The van der Waals surface area contributed by atoms with Gasteiger partial charge in [0, 0.05) is 24.7 Å². The molecule has 0 bridgehead atoms. The maximum Gasteiger partial charge on any atom is 0.327 e. The van der Waals surface area contributed by atoms with E-state index in [2.05, 4.69) is 5.32 Å². The van der Waals surface area contributed by atoms with Gasteiger partial charge in [-0.15, -0.1) is 0 Å². The summed E-state index contributed by atoms with van der Waals surface area (Å²) in [6.45, 7) is 1.44. The molecule has 0 aliphatic carbocycles. The van der Waals surface area contributed by atoms with Crippen LogP contribution < -0.4 is 16.0 Å². The molecule has 102 valence electrons. The van der Waals surface area contributed by atoms with Crippen molar-refractivity contribution in [3.05, 3.63) is 28.8 Å². The van der Waals surface area contributed by atoms with E-state index in [1.165, 1.54) is 6.07 Å². The largest absolute Gasteiger partial charge is 0.480 e. The molecule has 7 heteroatoms. The van der Waals surface area contributed by atoms with E-state index in [1.807, 2.05) is 0 Å². The molecule has 1 aromatic carbocycles. The molecule has 1 unspecified atom stereocenters. The Morgan fingerprint density at radius 2 is 2.21 bits per heavy atom. The first-order chi connectivity index (χ1) is 9.00. The van der Waals surface area contributed by atoms with Crippen molar-refractivity contribution in [3.63, 3.8) is 0 Å². The van der Waals surface area contributed by atoms with Gasteiger partial charge in [0.05, 0.1) is 11.3 Å². The van der Waals surface area contributed by atoms with Gasteiger partial charge in [-0.3, -0.25) is 4.79 Å². The highest BCUT2D eigenvalue weighted by molar-refractivity contribution is 6.31. The molecule has 1 heterocycles. The molecule has 1 atom stereocenters. The Kier molecular flexibility index (Phi) is 3.92. The lowest BCUT2D eigenvalue weighted by molar-refractivity contribution is -0.138. The normalized spacial score (nSPS) is 19.2. The number of nitrogens with zero attached hydrogens (tertiary/aromatic N) is 1. The standard InChI is InChI=1S/C12H14ClN3O3/c13-7-1-2-9(8(5-7)11(14)17)16-4-3-15-6-10(16)12(18)19/h1-2,5,10,15H,3-4,6H2,(H2,14,17)(H,18,19). The van der Waals surface area contributed by atoms with Gasteiger partial charge in [-0.25, -0.2) is 4.79 Å². The van der Waals surface area contributed by atoms with Crippen molar-refractivity contribution in [2.75, 3.05) is 24.5 Å². The van der Waals surface area contributed by atoms with Crippen LogP contribution in [0.4, 0.5) is 5.69 Å². The minimum absolute atomic E-state index is 0.237. The summed E-state index contributed by atoms with van der Waals surface area (Å²) in [5.41, 5.74) is 6.07.